The number of aliphatic hydroxyl groups excluding tert-OH is 1. The topological polar surface area (TPSA) is 57.6 Å². The van der Waals surface area contributed by atoms with Crippen LogP contribution in [0.25, 0.3) is 0 Å². The van der Waals surface area contributed by atoms with Gasteiger partial charge in [-0.25, -0.2) is 12.7 Å². The van der Waals surface area contributed by atoms with Gasteiger partial charge >= 0.3 is 0 Å². The van der Waals surface area contributed by atoms with Crippen LogP contribution in [0.4, 0.5) is 0 Å². The summed E-state index contributed by atoms with van der Waals surface area (Å²) in [5, 5.41) is 9.30. The van der Waals surface area contributed by atoms with Gasteiger partial charge in [-0.05, 0) is 30.4 Å². The van der Waals surface area contributed by atoms with Gasteiger partial charge in [-0.15, -0.1) is 0 Å². The maximum atomic E-state index is 12.6. The van der Waals surface area contributed by atoms with E-state index >= 15 is 0 Å². The van der Waals surface area contributed by atoms with Crippen molar-refractivity contribution in [1.82, 2.24) is 4.31 Å². The number of aliphatic hydroxyl groups is 1. The lowest BCUT2D eigenvalue weighted by Crippen LogP contribution is -2.33. The molecule has 1 N–H and O–H groups in total. The average molecular weight is 297 g/mol. The Morgan fingerprint density at radius 3 is 2.50 bits per heavy atom. The lowest BCUT2D eigenvalue weighted by molar-refractivity contribution is 0.277. The molecule has 2 rings (SSSR count). The van der Waals surface area contributed by atoms with E-state index in [4.69, 9.17) is 0 Å². The molecule has 0 atom stereocenters. The predicted octanol–water partition coefficient (Wildman–Crippen LogP) is 2.38. The second-order valence-electron chi connectivity index (χ2n) is 5.56. The molecule has 1 aliphatic rings. The van der Waals surface area contributed by atoms with E-state index in [0.717, 1.165) is 12.8 Å². The van der Waals surface area contributed by atoms with Crippen LogP contribution in [-0.2, 0) is 16.6 Å². The van der Waals surface area contributed by atoms with E-state index in [0.29, 0.717) is 18.0 Å². The second kappa shape index (κ2) is 6.70. The Morgan fingerprint density at radius 2 is 1.85 bits per heavy atom. The Hall–Kier alpha value is -0.910. The SMILES string of the molecule is CN(CC1CCCCC1)S(=O)(=O)c1ccccc1CO. The minimum absolute atomic E-state index is 0.223. The largest absolute Gasteiger partial charge is 0.392 e. The molecule has 1 fully saturated rings. The first-order valence-electron chi connectivity index (χ1n) is 7.21. The standard InChI is InChI=1S/C15H23NO3S/c1-16(11-13-7-3-2-4-8-13)20(18,19)15-10-6-5-9-14(15)12-17/h5-6,9-10,13,17H,2-4,7-8,11-12H2,1H3. The predicted molar refractivity (Wildman–Crippen MR) is 78.8 cm³/mol. The maximum Gasteiger partial charge on any atom is 0.243 e. The quantitative estimate of drug-likeness (QED) is 0.908. The van der Waals surface area contributed by atoms with Gasteiger partial charge < -0.3 is 5.11 Å². The molecule has 112 valence electrons. The number of benzene rings is 1. The van der Waals surface area contributed by atoms with Crippen molar-refractivity contribution in [2.45, 2.75) is 43.6 Å². The first kappa shape index (κ1) is 15.5. The van der Waals surface area contributed by atoms with Gasteiger partial charge in [0.1, 0.15) is 0 Å². The van der Waals surface area contributed by atoms with E-state index in [-0.39, 0.29) is 11.5 Å². The van der Waals surface area contributed by atoms with Crippen LogP contribution >= 0.6 is 0 Å². The van der Waals surface area contributed by atoms with Crippen molar-refractivity contribution in [2.75, 3.05) is 13.6 Å². The van der Waals surface area contributed by atoms with Crippen molar-refractivity contribution in [3.05, 3.63) is 29.8 Å². The zero-order valence-corrected chi connectivity index (χ0v) is 12.8. The van der Waals surface area contributed by atoms with Crippen molar-refractivity contribution in [2.24, 2.45) is 5.92 Å². The molecular weight excluding hydrogens is 274 g/mol. The molecule has 0 amide bonds. The monoisotopic (exact) mass is 297 g/mol. The normalized spacial score (nSPS) is 17.6. The maximum absolute atomic E-state index is 12.6. The Labute approximate surface area is 121 Å². The van der Waals surface area contributed by atoms with Gasteiger partial charge in [0.25, 0.3) is 0 Å². The molecule has 4 nitrogen and oxygen atoms in total. The molecule has 1 aromatic carbocycles. The van der Waals surface area contributed by atoms with Gasteiger partial charge in [0, 0.05) is 13.6 Å². The van der Waals surface area contributed by atoms with Crippen molar-refractivity contribution in [3.63, 3.8) is 0 Å². The van der Waals surface area contributed by atoms with Crippen LogP contribution in [0.5, 0.6) is 0 Å². The molecule has 0 radical (unpaired) electrons. The van der Waals surface area contributed by atoms with E-state index < -0.39 is 10.0 Å². The summed E-state index contributed by atoms with van der Waals surface area (Å²) in [6.45, 7) is 0.314. The summed E-state index contributed by atoms with van der Waals surface area (Å²) < 4.78 is 26.6. The van der Waals surface area contributed by atoms with Gasteiger partial charge in [-0.1, -0.05) is 37.5 Å². The number of sulfonamides is 1. The number of hydrogen-bond acceptors (Lipinski definition) is 3. The van der Waals surface area contributed by atoms with Crippen LogP contribution in [0.2, 0.25) is 0 Å². The van der Waals surface area contributed by atoms with Gasteiger partial charge in [0.15, 0.2) is 0 Å². The van der Waals surface area contributed by atoms with Gasteiger partial charge in [0.05, 0.1) is 11.5 Å². The van der Waals surface area contributed by atoms with Crippen LogP contribution in [-0.4, -0.2) is 31.4 Å². The molecule has 20 heavy (non-hydrogen) atoms. The van der Waals surface area contributed by atoms with E-state index in [1.807, 2.05) is 0 Å². The molecule has 0 aromatic heterocycles. The molecule has 1 saturated carbocycles. The zero-order valence-electron chi connectivity index (χ0n) is 12.0. The number of rotatable bonds is 5. The summed E-state index contributed by atoms with van der Waals surface area (Å²) in [6, 6.07) is 6.66. The van der Waals surface area contributed by atoms with Gasteiger partial charge in [-0.3, -0.25) is 0 Å². The Morgan fingerprint density at radius 1 is 1.20 bits per heavy atom. The van der Waals surface area contributed by atoms with Crippen molar-refractivity contribution < 1.29 is 13.5 Å². The number of nitrogens with zero attached hydrogens (tertiary/aromatic N) is 1. The molecule has 0 saturated heterocycles. The smallest absolute Gasteiger partial charge is 0.243 e. The second-order valence-corrected chi connectivity index (χ2v) is 7.57. The third kappa shape index (κ3) is 3.40. The van der Waals surface area contributed by atoms with Crippen LogP contribution in [0.3, 0.4) is 0 Å². The van der Waals surface area contributed by atoms with Crippen molar-refractivity contribution in [3.8, 4) is 0 Å². The zero-order chi connectivity index (χ0) is 14.6. The summed E-state index contributed by atoms with van der Waals surface area (Å²) in [5.74, 6) is 0.463. The highest BCUT2D eigenvalue weighted by atomic mass is 32.2. The van der Waals surface area contributed by atoms with Crippen LogP contribution in [0.1, 0.15) is 37.7 Å². The van der Waals surface area contributed by atoms with Crippen LogP contribution in [0, 0.1) is 5.92 Å². The first-order chi connectivity index (χ1) is 9.55. The molecule has 0 unspecified atom stereocenters. The molecule has 1 aliphatic carbocycles. The van der Waals surface area contributed by atoms with Crippen molar-refractivity contribution >= 4 is 10.0 Å². The fourth-order valence-electron chi connectivity index (χ4n) is 2.89. The third-order valence-corrected chi connectivity index (χ3v) is 6.00. The highest BCUT2D eigenvalue weighted by molar-refractivity contribution is 7.89. The van der Waals surface area contributed by atoms with Crippen LogP contribution in [0.15, 0.2) is 29.2 Å². The summed E-state index contributed by atoms with van der Waals surface area (Å²) in [5.41, 5.74) is 0.461. The molecule has 0 bridgehead atoms. The summed E-state index contributed by atoms with van der Waals surface area (Å²) in [6.07, 6.45) is 5.89. The third-order valence-electron chi connectivity index (χ3n) is 4.07. The minimum atomic E-state index is -3.51. The van der Waals surface area contributed by atoms with Gasteiger partial charge in [-0.2, -0.15) is 0 Å². The molecule has 0 heterocycles. The summed E-state index contributed by atoms with van der Waals surface area (Å²) in [7, 11) is -1.87. The van der Waals surface area contributed by atoms with Gasteiger partial charge in [0.2, 0.25) is 10.0 Å². The first-order valence-corrected chi connectivity index (χ1v) is 8.65. The lowest BCUT2D eigenvalue weighted by Gasteiger charge is -2.27. The fourth-order valence-corrected chi connectivity index (χ4v) is 4.34. The molecule has 0 spiro atoms. The Bertz CT molecular complexity index is 536. The highest BCUT2D eigenvalue weighted by Crippen LogP contribution is 2.26. The lowest BCUT2D eigenvalue weighted by atomic mass is 9.89. The summed E-state index contributed by atoms with van der Waals surface area (Å²) >= 11 is 0. The Kier molecular flexibility index (Phi) is 5.18. The van der Waals surface area contributed by atoms with E-state index in [9.17, 15) is 13.5 Å². The molecular formula is C15H23NO3S. The molecule has 0 aliphatic heterocycles. The highest BCUT2D eigenvalue weighted by Gasteiger charge is 2.26. The van der Waals surface area contributed by atoms with Crippen LogP contribution < -0.4 is 0 Å². The van der Waals surface area contributed by atoms with E-state index in [2.05, 4.69) is 0 Å². The molecule has 5 heteroatoms. The van der Waals surface area contributed by atoms with E-state index in [1.54, 1.807) is 31.3 Å². The number of hydrogen-bond donors (Lipinski definition) is 1. The average Bonchev–Trinajstić information content (AvgIpc) is 2.48. The summed E-state index contributed by atoms with van der Waals surface area (Å²) in [4.78, 5) is 0.223. The fraction of sp³-hybridized carbons (Fsp3) is 0.600. The Balaban J connectivity index is 2.16. The molecule has 1 aromatic rings. The van der Waals surface area contributed by atoms with Crippen molar-refractivity contribution in [1.29, 1.82) is 0 Å². The minimum Gasteiger partial charge on any atom is -0.392 e. The van der Waals surface area contributed by atoms with E-state index in [1.165, 1.54) is 23.6 Å².